The summed E-state index contributed by atoms with van der Waals surface area (Å²) in [5, 5.41) is 0. The van der Waals surface area contributed by atoms with E-state index in [0.29, 0.717) is 6.42 Å². The van der Waals surface area contributed by atoms with Crippen LogP contribution in [0.2, 0.25) is 0 Å². The van der Waals surface area contributed by atoms with Crippen molar-refractivity contribution in [3.63, 3.8) is 0 Å². The number of allylic oxidation sites excluding steroid dienone is 20. The Morgan fingerprint density at radius 3 is 1.03 bits per heavy atom. The molecule has 2 unspecified atom stereocenters. The van der Waals surface area contributed by atoms with Crippen molar-refractivity contribution < 1.29 is 37.6 Å². The van der Waals surface area contributed by atoms with E-state index < -0.39 is 32.5 Å². The first kappa shape index (κ1) is 71.4. The molecule has 3 N–H and O–H groups in total. The van der Waals surface area contributed by atoms with Crippen LogP contribution in [0.5, 0.6) is 0 Å². The molecule has 0 saturated heterocycles. The van der Waals surface area contributed by atoms with Crippen molar-refractivity contribution in [1.82, 2.24) is 0 Å². The Kier molecular flexibility index (Phi) is 56.8. The lowest BCUT2D eigenvalue weighted by Gasteiger charge is -2.19. The quantitative estimate of drug-likeness (QED) is 0.0264. The highest BCUT2D eigenvalue weighted by molar-refractivity contribution is 7.47. The fraction of sp³-hybridized carbons (Fsp3) is 0.662. The van der Waals surface area contributed by atoms with E-state index in [1.807, 2.05) is 0 Å². The molecule has 75 heavy (non-hydrogen) atoms. The van der Waals surface area contributed by atoms with Gasteiger partial charge in [0.1, 0.15) is 6.61 Å². The maximum atomic E-state index is 12.7. The normalized spacial score (nSPS) is 13.9. The zero-order chi connectivity index (χ0) is 54.5. The number of unbranched alkanes of at least 4 members (excludes halogenated alkanes) is 22. The predicted octanol–water partition coefficient (Wildman–Crippen LogP) is 19.2. The maximum absolute atomic E-state index is 12.7. The van der Waals surface area contributed by atoms with Crippen LogP contribution in [0.3, 0.4) is 0 Å². The van der Waals surface area contributed by atoms with Crippen LogP contribution < -0.4 is 5.73 Å². The summed E-state index contributed by atoms with van der Waals surface area (Å²) < 4.78 is 33.0. The highest BCUT2D eigenvalue weighted by Crippen LogP contribution is 2.43. The average Bonchev–Trinajstić information content (AvgIpc) is 3.40. The first-order chi connectivity index (χ1) is 36.8. The second-order valence-corrected chi connectivity index (χ2v) is 20.9. The van der Waals surface area contributed by atoms with Gasteiger partial charge in [-0.3, -0.25) is 18.6 Å². The summed E-state index contributed by atoms with van der Waals surface area (Å²) >= 11 is 0. The largest absolute Gasteiger partial charge is 0.472 e. The number of hydrogen-bond acceptors (Lipinski definition) is 8. The Morgan fingerprint density at radius 1 is 0.400 bits per heavy atom. The van der Waals surface area contributed by atoms with E-state index in [2.05, 4.69) is 135 Å². The Bertz CT molecular complexity index is 1640. The highest BCUT2D eigenvalue weighted by atomic mass is 31.2. The summed E-state index contributed by atoms with van der Waals surface area (Å²) in [7, 11) is -4.40. The van der Waals surface area contributed by atoms with Crippen LogP contribution in [0.15, 0.2) is 122 Å². The Hall–Kier alpha value is -3.59. The van der Waals surface area contributed by atoms with Crippen LogP contribution in [0.1, 0.15) is 245 Å². The van der Waals surface area contributed by atoms with Crippen molar-refractivity contribution >= 4 is 19.8 Å². The number of carbonyl (C=O) groups is 2. The van der Waals surface area contributed by atoms with E-state index in [1.54, 1.807) is 0 Å². The minimum atomic E-state index is -4.40. The van der Waals surface area contributed by atoms with Crippen LogP contribution in [0.4, 0.5) is 0 Å². The Morgan fingerprint density at radius 2 is 0.693 bits per heavy atom. The molecule has 0 aliphatic rings. The summed E-state index contributed by atoms with van der Waals surface area (Å²) in [4.78, 5) is 35.2. The number of carbonyl (C=O) groups excluding carboxylic acids is 2. The van der Waals surface area contributed by atoms with Gasteiger partial charge in [-0.05, 0) is 103 Å². The van der Waals surface area contributed by atoms with Crippen LogP contribution >= 0.6 is 7.82 Å². The highest BCUT2D eigenvalue weighted by Gasteiger charge is 2.26. The summed E-state index contributed by atoms with van der Waals surface area (Å²) in [5.41, 5.74) is 5.38. The number of hydrogen-bond donors (Lipinski definition) is 2. The van der Waals surface area contributed by atoms with Gasteiger partial charge in [-0.25, -0.2) is 4.57 Å². The molecule has 2 atom stereocenters. The van der Waals surface area contributed by atoms with Gasteiger partial charge >= 0.3 is 19.8 Å². The van der Waals surface area contributed by atoms with Gasteiger partial charge in [0, 0.05) is 19.4 Å². The smallest absolute Gasteiger partial charge is 0.462 e. The molecule has 0 rings (SSSR count). The number of ether oxygens (including phenoxy) is 2. The van der Waals surface area contributed by atoms with Crippen LogP contribution in [-0.4, -0.2) is 49.3 Å². The standard InChI is InChI=1S/C65H110NO8P/c1-3-5-7-9-11-13-15-17-19-21-22-23-24-25-26-27-28-29-30-31-32-33-34-35-36-37-38-39-40-42-44-46-48-50-52-54-56-58-65(68)74-63(62-73-75(69,70)72-60-59-66)61-71-64(67)57-55-53-51-49-47-45-43-41-20-18-16-14-12-10-8-6-4-2/h5-8,11-14,17-20,22-23,25-26,28-29,31-32,63H,3-4,9-10,15-16,21,24,27,30,33-62,66H2,1-2H3,(H,69,70)/b7-5-,8-6-,13-11-,14-12-,19-17-,20-18-,23-22-,26-25-,29-28-,32-31-. The zero-order valence-electron chi connectivity index (χ0n) is 47.7. The summed E-state index contributed by atoms with van der Waals surface area (Å²) in [6.07, 6.45) is 82.6. The van der Waals surface area contributed by atoms with Crippen LogP contribution in [0, 0.1) is 0 Å². The lowest BCUT2D eigenvalue weighted by atomic mass is 10.0. The molecule has 0 spiro atoms. The molecule has 0 fully saturated rings. The van der Waals surface area contributed by atoms with Crippen molar-refractivity contribution in [3.8, 4) is 0 Å². The molecule has 0 saturated carbocycles. The van der Waals surface area contributed by atoms with Gasteiger partial charge in [-0.2, -0.15) is 0 Å². The van der Waals surface area contributed by atoms with Crippen molar-refractivity contribution in [2.75, 3.05) is 26.4 Å². The molecule has 0 aromatic rings. The number of rotatable bonds is 55. The first-order valence-electron chi connectivity index (χ1n) is 30.0. The number of phosphoric ester groups is 1. The second-order valence-electron chi connectivity index (χ2n) is 19.5. The first-order valence-corrected chi connectivity index (χ1v) is 31.5. The molecule has 0 bridgehead atoms. The lowest BCUT2D eigenvalue weighted by Crippen LogP contribution is -2.29. The van der Waals surface area contributed by atoms with E-state index in [-0.39, 0.29) is 32.6 Å². The molecule has 9 nitrogen and oxygen atoms in total. The third kappa shape index (κ3) is 59.5. The monoisotopic (exact) mass is 1060 g/mol. The minimum absolute atomic E-state index is 0.0473. The molecular formula is C65H110NO8P. The molecule has 0 aliphatic heterocycles. The van der Waals surface area contributed by atoms with Gasteiger partial charge in [-0.15, -0.1) is 0 Å². The molecule has 0 aliphatic carbocycles. The Balaban J connectivity index is 3.92. The number of phosphoric acid groups is 1. The molecule has 10 heteroatoms. The van der Waals surface area contributed by atoms with E-state index in [4.69, 9.17) is 24.3 Å². The van der Waals surface area contributed by atoms with E-state index in [0.717, 1.165) is 116 Å². The van der Waals surface area contributed by atoms with E-state index >= 15 is 0 Å². The SMILES string of the molecule is CC/C=C\C/C=C\C/C=C\C/C=C\C/C=C\C/C=C\C/C=C\CCCCCCCCCCCCCCCCCC(=O)OC(COC(=O)CCCCCCCCC/C=C\C/C=C\C/C=C\CC)COP(=O)(O)OCCN. The fourth-order valence-corrected chi connectivity index (χ4v) is 8.75. The number of esters is 2. The van der Waals surface area contributed by atoms with Gasteiger partial charge in [0.25, 0.3) is 0 Å². The summed E-state index contributed by atoms with van der Waals surface area (Å²) in [6.45, 7) is 3.51. The molecule has 0 aromatic carbocycles. The third-order valence-electron chi connectivity index (χ3n) is 12.3. The molecule has 0 radical (unpaired) electrons. The molecule has 0 amide bonds. The maximum Gasteiger partial charge on any atom is 0.472 e. The number of nitrogens with two attached hydrogens (primary N) is 1. The summed E-state index contributed by atoms with van der Waals surface area (Å²) in [5.74, 6) is -0.842. The van der Waals surface area contributed by atoms with Crippen LogP contribution in [-0.2, 0) is 32.7 Å². The van der Waals surface area contributed by atoms with E-state index in [9.17, 15) is 19.0 Å². The predicted molar refractivity (Wildman–Crippen MR) is 321 cm³/mol. The molecule has 428 valence electrons. The molecule has 0 aromatic heterocycles. The van der Waals surface area contributed by atoms with Crippen LogP contribution in [0.25, 0.3) is 0 Å². The topological polar surface area (TPSA) is 134 Å². The zero-order valence-corrected chi connectivity index (χ0v) is 48.6. The second kappa shape index (κ2) is 59.7. The minimum Gasteiger partial charge on any atom is -0.462 e. The van der Waals surface area contributed by atoms with Gasteiger partial charge in [0.2, 0.25) is 0 Å². The third-order valence-corrected chi connectivity index (χ3v) is 13.3. The van der Waals surface area contributed by atoms with Gasteiger partial charge in [0.15, 0.2) is 6.10 Å². The Labute approximate surface area is 460 Å². The molecule has 0 heterocycles. The van der Waals surface area contributed by atoms with Gasteiger partial charge < -0.3 is 20.1 Å². The van der Waals surface area contributed by atoms with E-state index in [1.165, 1.54) is 96.3 Å². The fourth-order valence-electron chi connectivity index (χ4n) is 7.98. The van der Waals surface area contributed by atoms with Gasteiger partial charge in [-0.1, -0.05) is 251 Å². The lowest BCUT2D eigenvalue weighted by molar-refractivity contribution is -0.161. The van der Waals surface area contributed by atoms with Gasteiger partial charge in [0.05, 0.1) is 13.2 Å². The van der Waals surface area contributed by atoms with Crippen molar-refractivity contribution in [1.29, 1.82) is 0 Å². The van der Waals surface area contributed by atoms with Crippen molar-refractivity contribution in [2.24, 2.45) is 5.73 Å². The summed E-state index contributed by atoms with van der Waals surface area (Å²) in [6, 6.07) is 0. The average molecular weight is 1060 g/mol. The van der Waals surface area contributed by atoms with Crippen molar-refractivity contribution in [2.45, 2.75) is 251 Å². The van der Waals surface area contributed by atoms with Crippen molar-refractivity contribution in [3.05, 3.63) is 122 Å². The molecular weight excluding hydrogens is 954 g/mol.